The van der Waals surface area contributed by atoms with E-state index >= 15 is 0 Å². The maximum absolute atomic E-state index is 11.4. The first kappa shape index (κ1) is 9.96. The number of hydrogen-bond donors (Lipinski definition) is 1. The average molecular weight is 261 g/mol. The molecule has 1 saturated heterocycles. The van der Waals surface area contributed by atoms with Gasteiger partial charge in [-0.2, -0.15) is 0 Å². The summed E-state index contributed by atoms with van der Waals surface area (Å²) < 4.78 is 0. The molecule has 2 fully saturated rings. The van der Waals surface area contributed by atoms with Crippen LogP contribution in [0.2, 0.25) is 0 Å². The van der Waals surface area contributed by atoms with Crippen LogP contribution < -0.4 is 5.32 Å². The van der Waals surface area contributed by atoms with Gasteiger partial charge < -0.3 is 10.2 Å². The molecule has 2 aliphatic rings. The van der Waals surface area contributed by atoms with Crippen molar-refractivity contribution in [3.63, 3.8) is 0 Å². The number of piperazine rings is 1. The number of rotatable bonds is 0. The van der Waals surface area contributed by atoms with Gasteiger partial charge in [0.1, 0.15) is 0 Å². The van der Waals surface area contributed by atoms with Crippen LogP contribution in [0.1, 0.15) is 19.3 Å². The number of nitrogens with zero attached hydrogens (tertiary/aromatic N) is 1. The summed E-state index contributed by atoms with van der Waals surface area (Å²) in [5.74, 6) is -0.866. The summed E-state index contributed by atoms with van der Waals surface area (Å²) in [5, 5.41) is 2.77. The Bertz CT molecular complexity index is 282. The number of amides is 2. The smallest absolute Gasteiger partial charge is 0.311 e. The van der Waals surface area contributed by atoms with Crippen molar-refractivity contribution >= 4 is 27.7 Å². The van der Waals surface area contributed by atoms with Crippen molar-refractivity contribution in [1.82, 2.24) is 10.2 Å². The van der Waals surface area contributed by atoms with Crippen LogP contribution in [0.15, 0.2) is 0 Å². The molecule has 1 heterocycles. The number of nitrogens with one attached hydrogen (secondary N) is 1. The van der Waals surface area contributed by atoms with Crippen molar-refractivity contribution in [2.45, 2.75) is 36.2 Å². The highest BCUT2D eigenvalue weighted by Crippen LogP contribution is 2.29. The molecule has 0 aromatic carbocycles. The zero-order valence-corrected chi connectivity index (χ0v) is 9.58. The minimum Gasteiger partial charge on any atom is -0.343 e. The van der Waals surface area contributed by atoms with Crippen LogP contribution in [0, 0.1) is 0 Å². The molecule has 0 spiro atoms. The first-order valence-corrected chi connectivity index (χ1v) is 5.73. The van der Waals surface area contributed by atoms with E-state index in [0.29, 0.717) is 4.83 Å². The van der Waals surface area contributed by atoms with Crippen molar-refractivity contribution in [2.75, 3.05) is 7.05 Å². The van der Waals surface area contributed by atoms with E-state index in [1.165, 1.54) is 0 Å². The van der Waals surface area contributed by atoms with Gasteiger partial charge in [0.15, 0.2) is 0 Å². The Morgan fingerprint density at radius 3 is 2.86 bits per heavy atom. The van der Waals surface area contributed by atoms with E-state index in [0.717, 1.165) is 19.3 Å². The lowest BCUT2D eigenvalue weighted by molar-refractivity contribution is -0.151. The molecule has 1 aliphatic carbocycles. The van der Waals surface area contributed by atoms with Crippen LogP contribution in [0.4, 0.5) is 0 Å². The van der Waals surface area contributed by atoms with Crippen LogP contribution in [-0.4, -0.2) is 40.7 Å². The summed E-state index contributed by atoms with van der Waals surface area (Å²) in [6.45, 7) is 0. The van der Waals surface area contributed by atoms with E-state index in [-0.39, 0.29) is 12.1 Å². The molecule has 14 heavy (non-hydrogen) atoms. The first-order valence-electron chi connectivity index (χ1n) is 4.81. The Labute approximate surface area is 91.1 Å². The van der Waals surface area contributed by atoms with Gasteiger partial charge in [0.05, 0.1) is 12.1 Å². The zero-order chi connectivity index (χ0) is 10.3. The van der Waals surface area contributed by atoms with Gasteiger partial charge in [-0.25, -0.2) is 0 Å². The number of alkyl halides is 1. The largest absolute Gasteiger partial charge is 0.343 e. The molecule has 2 amide bonds. The fourth-order valence-electron chi connectivity index (χ4n) is 2.26. The first-order chi connectivity index (χ1) is 6.59. The van der Waals surface area contributed by atoms with Gasteiger partial charge in [0, 0.05) is 11.9 Å². The fraction of sp³-hybridized carbons (Fsp3) is 0.778. The Balaban J connectivity index is 2.15. The minimum absolute atomic E-state index is 0.128. The van der Waals surface area contributed by atoms with Gasteiger partial charge in [0.25, 0.3) is 0 Å². The molecule has 1 aliphatic heterocycles. The number of fused-ring (bicyclic) bond motifs is 1. The second-order valence-corrected chi connectivity index (χ2v) is 5.27. The van der Waals surface area contributed by atoms with Gasteiger partial charge in [-0.05, 0) is 19.3 Å². The zero-order valence-electron chi connectivity index (χ0n) is 8.00. The number of likely N-dealkylation sites (N-methyl/N-ethyl adjacent to an activating group) is 1. The highest BCUT2D eigenvalue weighted by Gasteiger charge is 2.41. The molecule has 3 unspecified atom stereocenters. The number of halogens is 1. The van der Waals surface area contributed by atoms with Crippen molar-refractivity contribution in [3.8, 4) is 0 Å². The molecule has 78 valence electrons. The third-order valence-corrected chi connectivity index (χ3v) is 3.91. The molecule has 0 aromatic rings. The Morgan fingerprint density at radius 2 is 2.14 bits per heavy atom. The average Bonchev–Trinajstić information content (AvgIpc) is 2.14. The number of carbonyl (C=O) groups excluding carboxylic acids is 2. The molecule has 1 N–H and O–H groups in total. The van der Waals surface area contributed by atoms with Crippen molar-refractivity contribution in [3.05, 3.63) is 0 Å². The molecule has 2 rings (SSSR count). The molecule has 0 bridgehead atoms. The Kier molecular flexibility index (Phi) is 2.51. The monoisotopic (exact) mass is 260 g/mol. The molecule has 1 saturated carbocycles. The third kappa shape index (κ3) is 1.54. The molecule has 3 atom stereocenters. The lowest BCUT2D eigenvalue weighted by atomic mass is 9.87. The number of hydrogen-bond acceptors (Lipinski definition) is 2. The molecule has 0 radical (unpaired) electrons. The van der Waals surface area contributed by atoms with Gasteiger partial charge in [0.2, 0.25) is 0 Å². The van der Waals surface area contributed by atoms with Crippen molar-refractivity contribution < 1.29 is 9.59 Å². The summed E-state index contributed by atoms with van der Waals surface area (Å²) in [6, 6.07) is 0.317. The lowest BCUT2D eigenvalue weighted by Crippen LogP contribution is -2.63. The van der Waals surface area contributed by atoms with Crippen molar-refractivity contribution in [2.24, 2.45) is 0 Å². The summed E-state index contributed by atoms with van der Waals surface area (Å²) in [6.07, 6.45) is 2.94. The van der Waals surface area contributed by atoms with Gasteiger partial charge in [-0.1, -0.05) is 15.9 Å². The third-order valence-electron chi connectivity index (χ3n) is 3.08. The van der Waals surface area contributed by atoms with Crippen molar-refractivity contribution in [1.29, 1.82) is 0 Å². The molecular formula is C9H13BrN2O2. The standard InChI is InChI=1S/C9H13BrN2O2/c1-12-7-3-2-5(10)4-6(7)11-8(13)9(12)14/h5-7H,2-4H2,1H3,(H,11,13). The minimum atomic E-state index is -0.463. The van der Waals surface area contributed by atoms with Crippen LogP contribution in [0.3, 0.4) is 0 Å². The van der Waals surface area contributed by atoms with Gasteiger partial charge in [-0.3, -0.25) is 9.59 Å². The number of carbonyl (C=O) groups is 2. The quantitative estimate of drug-likeness (QED) is 0.502. The van der Waals surface area contributed by atoms with Crippen LogP contribution >= 0.6 is 15.9 Å². The molecular weight excluding hydrogens is 248 g/mol. The topological polar surface area (TPSA) is 49.4 Å². The van der Waals surface area contributed by atoms with E-state index in [9.17, 15) is 9.59 Å². The maximum Gasteiger partial charge on any atom is 0.311 e. The molecule has 5 heteroatoms. The van der Waals surface area contributed by atoms with E-state index in [4.69, 9.17) is 0 Å². The van der Waals surface area contributed by atoms with E-state index in [1.54, 1.807) is 11.9 Å². The Morgan fingerprint density at radius 1 is 1.43 bits per heavy atom. The van der Waals surface area contributed by atoms with E-state index < -0.39 is 11.8 Å². The summed E-state index contributed by atoms with van der Waals surface area (Å²) in [5.41, 5.74) is 0. The highest BCUT2D eigenvalue weighted by molar-refractivity contribution is 9.09. The van der Waals surface area contributed by atoms with Gasteiger partial charge >= 0.3 is 11.8 Å². The lowest BCUT2D eigenvalue weighted by Gasteiger charge is -2.43. The summed E-state index contributed by atoms with van der Waals surface area (Å²) in [7, 11) is 1.72. The predicted octanol–water partition coefficient (Wildman–Crippen LogP) is 0.259. The summed E-state index contributed by atoms with van der Waals surface area (Å²) in [4.78, 5) is 24.7. The highest BCUT2D eigenvalue weighted by atomic mass is 79.9. The Hall–Kier alpha value is -0.580. The maximum atomic E-state index is 11.4. The van der Waals surface area contributed by atoms with E-state index in [1.807, 2.05) is 0 Å². The second-order valence-electron chi connectivity index (χ2n) is 3.97. The molecule has 4 nitrogen and oxygen atoms in total. The fourth-order valence-corrected chi connectivity index (χ4v) is 2.93. The van der Waals surface area contributed by atoms with Gasteiger partial charge in [-0.15, -0.1) is 0 Å². The summed E-state index contributed by atoms with van der Waals surface area (Å²) >= 11 is 3.55. The van der Waals surface area contributed by atoms with Crippen LogP contribution in [0.25, 0.3) is 0 Å². The normalized spacial score (nSPS) is 37.9. The SMILES string of the molecule is CN1C(=O)C(=O)NC2CC(Br)CCC21. The molecule has 0 aromatic heterocycles. The van der Waals surface area contributed by atoms with E-state index in [2.05, 4.69) is 21.2 Å². The van der Waals surface area contributed by atoms with Crippen LogP contribution in [0.5, 0.6) is 0 Å². The predicted molar refractivity (Wildman–Crippen MR) is 55.1 cm³/mol. The van der Waals surface area contributed by atoms with Crippen LogP contribution in [-0.2, 0) is 9.59 Å². The second kappa shape index (κ2) is 3.53.